The summed E-state index contributed by atoms with van der Waals surface area (Å²) in [7, 11) is 0. The van der Waals surface area contributed by atoms with Crippen LogP contribution in [0.5, 0.6) is 5.75 Å². The van der Waals surface area contributed by atoms with Gasteiger partial charge in [-0.05, 0) is 43.0 Å². The van der Waals surface area contributed by atoms with Crippen LogP contribution >= 0.6 is 0 Å². The molecular weight excluding hydrogens is 390 g/mol. The van der Waals surface area contributed by atoms with Crippen molar-refractivity contribution in [2.75, 3.05) is 24.7 Å². The second kappa shape index (κ2) is 9.84. The highest BCUT2D eigenvalue weighted by Gasteiger charge is 2.56. The Balaban J connectivity index is 1.61. The first-order chi connectivity index (χ1) is 15.2. The molecule has 2 aromatic rings. The van der Waals surface area contributed by atoms with Crippen molar-refractivity contribution in [1.29, 1.82) is 0 Å². The van der Waals surface area contributed by atoms with Crippen LogP contribution in [0, 0.1) is 0 Å². The second-order valence-electron chi connectivity index (χ2n) is 8.32. The Kier molecular flexibility index (Phi) is 6.93. The third-order valence-electron chi connectivity index (χ3n) is 6.05. The van der Waals surface area contributed by atoms with Crippen LogP contribution in [-0.2, 0) is 33.0 Å². The quantitative estimate of drug-likeness (QED) is 0.484. The van der Waals surface area contributed by atoms with E-state index in [0.29, 0.717) is 26.4 Å². The standard InChI is InChI=1S/C26H33NO4/c1-3-5-9-15-29-24-12-8-7-11-21(24)19-27-23-14-13-20(10-6-4-2)18-22(23)26(25(27)28)30-16-17-31-26/h7-8,11-14,18H,3-6,9-10,15-17,19H2,1-2H3. The molecule has 1 saturated heterocycles. The molecule has 0 atom stereocenters. The van der Waals surface area contributed by atoms with Gasteiger partial charge in [0.15, 0.2) is 0 Å². The Morgan fingerprint density at radius 2 is 1.77 bits per heavy atom. The van der Waals surface area contributed by atoms with E-state index in [9.17, 15) is 4.79 Å². The smallest absolute Gasteiger partial charge is 0.292 e. The van der Waals surface area contributed by atoms with Gasteiger partial charge in [-0.1, -0.05) is 57.4 Å². The lowest BCUT2D eigenvalue weighted by molar-refractivity contribution is -0.180. The lowest BCUT2D eigenvalue weighted by Gasteiger charge is -2.23. The van der Waals surface area contributed by atoms with E-state index in [1.807, 2.05) is 30.3 Å². The average molecular weight is 424 g/mol. The van der Waals surface area contributed by atoms with Crippen molar-refractivity contribution < 1.29 is 19.0 Å². The number of anilines is 1. The molecule has 5 nitrogen and oxygen atoms in total. The van der Waals surface area contributed by atoms with E-state index in [1.165, 1.54) is 5.56 Å². The van der Waals surface area contributed by atoms with E-state index in [0.717, 1.165) is 61.1 Å². The molecule has 166 valence electrons. The van der Waals surface area contributed by atoms with Gasteiger partial charge in [-0.15, -0.1) is 0 Å². The summed E-state index contributed by atoms with van der Waals surface area (Å²) in [5, 5.41) is 0. The summed E-state index contributed by atoms with van der Waals surface area (Å²) >= 11 is 0. The summed E-state index contributed by atoms with van der Waals surface area (Å²) in [5.74, 6) is -0.607. The normalized spacial score (nSPS) is 16.8. The summed E-state index contributed by atoms with van der Waals surface area (Å²) in [6.45, 7) is 6.34. The fraction of sp³-hybridized carbons (Fsp3) is 0.500. The Labute approximate surface area is 185 Å². The average Bonchev–Trinajstić information content (AvgIpc) is 3.37. The van der Waals surface area contributed by atoms with Gasteiger partial charge in [0.1, 0.15) is 5.75 Å². The molecule has 4 rings (SSSR count). The predicted octanol–water partition coefficient (Wildman–Crippen LogP) is 5.34. The molecule has 31 heavy (non-hydrogen) atoms. The first-order valence-electron chi connectivity index (χ1n) is 11.6. The molecule has 0 N–H and O–H groups in total. The summed E-state index contributed by atoms with van der Waals surface area (Å²) in [6, 6.07) is 14.2. The van der Waals surface area contributed by atoms with E-state index in [1.54, 1.807) is 4.90 Å². The van der Waals surface area contributed by atoms with Crippen molar-refractivity contribution >= 4 is 11.6 Å². The molecule has 2 aromatic carbocycles. The van der Waals surface area contributed by atoms with Crippen LogP contribution in [0.4, 0.5) is 5.69 Å². The number of carbonyl (C=O) groups is 1. The highest BCUT2D eigenvalue weighted by molar-refractivity contribution is 6.06. The van der Waals surface area contributed by atoms with Crippen LogP contribution in [-0.4, -0.2) is 25.7 Å². The first-order valence-corrected chi connectivity index (χ1v) is 11.6. The fourth-order valence-corrected chi connectivity index (χ4v) is 4.35. The van der Waals surface area contributed by atoms with Gasteiger partial charge in [0.2, 0.25) is 0 Å². The minimum Gasteiger partial charge on any atom is -0.493 e. The Hall–Kier alpha value is -2.37. The largest absolute Gasteiger partial charge is 0.493 e. The molecule has 1 fully saturated rings. The number of aryl methyl sites for hydroxylation is 1. The van der Waals surface area contributed by atoms with Gasteiger partial charge in [0.25, 0.3) is 11.7 Å². The lowest BCUT2D eigenvalue weighted by atomic mass is 10.0. The van der Waals surface area contributed by atoms with Crippen LogP contribution in [0.1, 0.15) is 62.6 Å². The number of nitrogens with zero attached hydrogens (tertiary/aromatic N) is 1. The number of ether oxygens (including phenoxy) is 3. The van der Waals surface area contributed by atoms with Gasteiger partial charge in [-0.2, -0.15) is 0 Å². The maximum atomic E-state index is 13.6. The van der Waals surface area contributed by atoms with E-state index < -0.39 is 5.79 Å². The number of carbonyl (C=O) groups excluding carboxylic acids is 1. The summed E-state index contributed by atoms with van der Waals surface area (Å²) in [6.07, 6.45) is 6.58. The first kappa shape index (κ1) is 21.8. The molecule has 1 spiro atoms. The number of unbranched alkanes of at least 4 members (excludes halogenated alkanes) is 3. The number of amides is 1. The van der Waals surface area contributed by atoms with Crippen molar-refractivity contribution in [2.24, 2.45) is 0 Å². The lowest BCUT2D eigenvalue weighted by Crippen LogP contribution is -2.41. The molecule has 0 saturated carbocycles. The molecular formula is C26H33NO4. The van der Waals surface area contributed by atoms with E-state index >= 15 is 0 Å². The van der Waals surface area contributed by atoms with Crippen LogP contribution in [0.3, 0.4) is 0 Å². The molecule has 0 aromatic heterocycles. The van der Waals surface area contributed by atoms with Crippen molar-refractivity contribution in [2.45, 2.75) is 64.7 Å². The zero-order valence-electron chi connectivity index (χ0n) is 18.7. The zero-order valence-corrected chi connectivity index (χ0v) is 18.7. The summed E-state index contributed by atoms with van der Waals surface area (Å²) in [5.41, 5.74) is 3.91. The monoisotopic (exact) mass is 423 g/mol. The van der Waals surface area contributed by atoms with Gasteiger partial charge in [-0.3, -0.25) is 4.79 Å². The molecule has 2 aliphatic heterocycles. The number of fused-ring (bicyclic) bond motifs is 2. The fourth-order valence-electron chi connectivity index (χ4n) is 4.35. The second-order valence-corrected chi connectivity index (χ2v) is 8.32. The Morgan fingerprint density at radius 3 is 2.55 bits per heavy atom. The molecule has 0 aliphatic carbocycles. The predicted molar refractivity (Wildman–Crippen MR) is 121 cm³/mol. The zero-order chi connectivity index (χ0) is 21.7. The molecule has 0 unspecified atom stereocenters. The molecule has 2 heterocycles. The van der Waals surface area contributed by atoms with E-state index in [-0.39, 0.29) is 5.91 Å². The summed E-state index contributed by atoms with van der Waals surface area (Å²) in [4.78, 5) is 15.4. The summed E-state index contributed by atoms with van der Waals surface area (Å²) < 4.78 is 17.9. The SMILES string of the molecule is CCCCCOc1ccccc1CN1C(=O)C2(OCCO2)c2cc(CCCC)ccc21. The van der Waals surface area contributed by atoms with Crippen LogP contribution < -0.4 is 9.64 Å². The number of para-hydroxylation sites is 1. The minimum atomic E-state index is -1.30. The molecule has 0 bridgehead atoms. The van der Waals surface area contributed by atoms with E-state index in [4.69, 9.17) is 14.2 Å². The van der Waals surface area contributed by atoms with Gasteiger partial charge < -0.3 is 19.1 Å². The number of rotatable bonds is 10. The van der Waals surface area contributed by atoms with Crippen molar-refractivity contribution in [3.63, 3.8) is 0 Å². The molecule has 5 heteroatoms. The van der Waals surface area contributed by atoms with Gasteiger partial charge in [0.05, 0.1) is 32.1 Å². The van der Waals surface area contributed by atoms with Gasteiger partial charge in [0, 0.05) is 11.1 Å². The topological polar surface area (TPSA) is 48.0 Å². The number of hydrogen-bond donors (Lipinski definition) is 0. The maximum Gasteiger partial charge on any atom is 0.292 e. The molecule has 0 radical (unpaired) electrons. The van der Waals surface area contributed by atoms with Gasteiger partial charge in [-0.25, -0.2) is 0 Å². The van der Waals surface area contributed by atoms with Crippen LogP contribution in [0.15, 0.2) is 42.5 Å². The minimum absolute atomic E-state index is 0.145. The third-order valence-corrected chi connectivity index (χ3v) is 6.05. The Bertz CT molecular complexity index is 904. The Morgan fingerprint density at radius 1 is 1.00 bits per heavy atom. The molecule has 2 aliphatic rings. The highest BCUT2D eigenvalue weighted by Crippen LogP contribution is 2.47. The van der Waals surface area contributed by atoms with Crippen LogP contribution in [0.2, 0.25) is 0 Å². The number of hydrogen-bond acceptors (Lipinski definition) is 4. The third kappa shape index (κ3) is 4.35. The molecule has 1 amide bonds. The van der Waals surface area contributed by atoms with E-state index in [2.05, 4.69) is 26.0 Å². The maximum absolute atomic E-state index is 13.6. The van der Waals surface area contributed by atoms with Crippen LogP contribution in [0.25, 0.3) is 0 Å². The van der Waals surface area contributed by atoms with Crippen molar-refractivity contribution in [3.8, 4) is 5.75 Å². The number of benzene rings is 2. The van der Waals surface area contributed by atoms with Crippen molar-refractivity contribution in [3.05, 3.63) is 59.2 Å². The van der Waals surface area contributed by atoms with Gasteiger partial charge >= 0.3 is 0 Å². The van der Waals surface area contributed by atoms with Crippen molar-refractivity contribution in [1.82, 2.24) is 0 Å². The highest BCUT2D eigenvalue weighted by atomic mass is 16.7.